The number of benzene rings is 1. The number of hydrogen-bond acceptors (Lipinski definition) is 9. The van der Waals surface area contributed by atoms with Crippen LogP contribution >= 0.6 is 0 Å². The van der Waals surface area contributed by atoms with Gasteiger partial charge in [0.2, 0.25) is 11.9 Å². The van der Waals surface area contributed by atoms with E-state index in [4.69, 9.17) is 17.9 Å². The van der Waals surface area contributed by atoms with E-state index in [0.29, 0.717) is 49.9 Å². The normalized spacial score (nSPS) is 11.4. The van der Waals surface area contributed by atoms with E-state index in [9.17, 15) is 24.3 Å². The SMILES string of the molecule is C#CCCCC(=O)NCCCC[C@H](NC(=O)c1ccc(NC/C=N/c2c(N)nc(N)[nH]c2=O)cc1)C(=O)O. The number of nitrogens with zero attached hydrogens (tertiary/aromatic N) is 2. The van der Waals surface area contributed by atoms with Crippen LogP contribution in [0.4, 0.5) is 23.1 Å². The molecule has 0 aliphatic rings. The summed E-state index contributed by atoms with van der Waals surface area (Å²) in [5, 5.41) is 17.8. The van der Waals surface area contributed by atoms with Crippen LogP contribution < -0.4 is 33.0 Å². The van der Waals surface area contributed by atoms with Crippen LogP contribution in [-0.2, 0) is 9.59 Å². The number of terminal acetylenes is 1. The van der Waals surface area contributed by atoms with Crippen molar-refractivity contribution in [2.24, 2.45) is 4.99 Å². The Morgan fingerprint density at radius 2 is 1.92 bits per heavy atom. The highest BCUT2D eigenvalue weighted by atomic mass is 16.4. The van der Waals surface area contributed by atoms with Crippen LogP contribution in [0.25, 0.3) is 0 Å². The zero-order chi connectivity index (χ0) is 27.9. The summed E-state index contributed by atoms with van der Waals surface area (Å²) in [7, 11) is 0. The standard InChI is InChI=1S/C25H32N8O5/c1-2-3-4-8-19(34)29-13-6-5-7-18(24(37)38)31-22(35)16-9-11-17(12-10-16)28-14-15-30-20-21(26)32-25(27)33-23(20)36/h1,9-12,15,18,28H,3-8,13-14H2,(H,29,34)(H,31,35)(H,37,38)(H5,26,27,32,33,36)/b30-15+/t18-/m0/s1. The average Bonchev–Trinajstić information content (AvgIpc) is 2.87. The Kier molecular flexibility index (Phi) is 11.8. The maximum atomic E-state index is 12.5. The van der Waals surface area contributed by atoms with E-state index < -0.39 is 23.5 Å². The van der Waals surface area contributed by atoms with Crippen LogP contribution in [0.3, 0.4) is 0 Å². The van der Waals surface area contributed by atoms with E-state index in [0.717, 1.165) is 0 Å². The van der Waals surface area contributed by atoms with Gasteiger partial charge >= 0.3 is 5.97 Å². The van der Waals surface area contributed by atoms with Crippen LogP contribution in [-0.4, -0.2) is 58.2 Å². The molecule has 0 radical (unpaired) electrons. The van der Waals surface area contributed by atoms with Crippen molar-refractivity contribution in [2.75, 3.05) is 29.9 Å². The van der Waals surface area contributed by atoms with E-state index in [-0.39, 0.29) is 36.3 Å². The van der Waals surface area contributed by atoms with Gasteiger partial charge in [0.15, 0.2) is 11.5 Å². The van der Waals surface area contributed by atoms with Crippen LogP contribution in [0, 0.1) is 12.3 Å². The third kappa shape index (κ3) is 10.0. The fraction of sp³-hybridized carbons (Fsp3) is 0.360. The Hall–Kier alpha value is -4.86. The topological polar surface area (TPSA) is 218 Å². The second kappa shape index (κ2) is 15.3. The molecule has 1 aromatic heterocycles. The summed E-state index contributed by atoms with van der Waals surface area (Å²) >= 11 is 0. The van der Waals surface area contributed by atoms with Gasteiger partial charge < -0.3 is 32.5 Å². The van der Waals surface area contributed by atoms with E-state index in [1.54, 1.807) is 24.3 Å². The molecular weight excluding hydrogens is 492 g/mol. The van der Waals surface area contributed by atoms with Gasteiger partial charge in [-0.2, -0.15) is 4.98 Å². The molecule has 2 rings (SSSR count). The minimum Gasteiger partial charge on any atom is -0.480 e. The first-order valence-corrected chi connectivity index (χ1v) is 12.0. The largest absolute Gasteiger partial charge is 0.480 e. The number of unbranched alkanes of at least 4 members (excludes halogenated alkanes) is 2. The molecule has 38 heavy (non-hydrogen) atoms. The maximum Gasteiger partial charge on any atom is 0.326 e. The Labute approximate surface area is 219 Å². The molecule has 0 bridgehead atoms. The molecule has 0 saturated heterocycles. The van der Waals surface area contributed by atoms with Gasteiger partial charge in [-0.3, -0.25) is 19.4 Å². The van der Waals surface area contributed by atoms with Gasteiger partial charge in [-0.25, -0.2) is 9.79 Å². The van der Waals surface area contributed by atoms with Gasteiger partial charge in [0.1, 0.15) is 6.04 Å². The third-order valence-corrected chi connectivity index (χ3v) is 5.28. The van der Waals surface area contributed by atoms with E-state index in [1.807, 2.05) is 0 Å². The first kappa shape index (κ1) is 29.4. The number of nitrogens with one attached hydrogen (secondary N) is 4. The Morgan fingerprint density at radius 1 is 1.18 bits per heavy atom. The van der Waals surface area contributed by atoms with Gasteiger partial charge in [-0.05, 0) is 49.9 Å². The van der Waals surface area contributed by atoms with Crippen molar-refractivity contribution in [3.8, 4) is 12.3 Å². The molecule has 1 atom stereocenters. The number of nitrogens with two attached hydrogens (primary N) is 2. The van der Waals surface area contributed by atoms with Crippen molar-refractivity contribution in [1.82, 2.24) is 20.6 Å². The first-order chi connectivity index (χ1) is 18.2. The number of carbonyl (C=O) groups excluding carboxylic acids is 2. The zero-order valence-electron chi connectivity index (χ0n) is 20.8. The number of carboxylic acid groups (broad SMARTS) is 1. The van der Waals surface area contributed by atoms with E-state index in [1.165, 1.54) is 6.21 Å². The molecule has 202 valence electrons. The highest BCUT2D eigenvalue weighted by molar-refractivity contribution is 5.96. The fourth-order valence-corrected chi connectivity index (χ4v) is 3.31. The number of nitrogen functional groups attached to an aromatic ring is 2. The summed E-state index contributed by atoms with van der Waals surface area (Å²) in [5.41, 5.74) is 11.4. The fourth-order valence-electron chi connectivity index (χ4n) is 3.31. The summed E-state index contributed by atoms with van der Waals surface area (Å²) in [4.78, 5) is 57.6. The number of amides is 2. The van der Waals surface area contributed by atoms with Crippen molar-refractivity contribution >= 4 is 47.1 Å². The molecule has 0 aliphatic carbocycles. The molecule has 1 aromatic carbocycles. The summed E-state index contributed by atoms with van der Waals surface area (Å²) in [5.74, 6) is 0.549. The lowest BCUT2D eigenvalue weighted by Gasteiger charge is -2.15. The second-order valence-electron chi connectivity index (χ2n) is 8.22. The van der Waals surface area contributed by atoms with Crippen LogP contribution in [0.5, 0.6) is 0 Å². The lowest BCUT2D eigenvalue weighted by molar-refractivity contribution is -0.139. The number of aliphatic imine (C=N–C) groups is 1. The summed E-state index contributed by atoms with van der Waals surface area (Å²) < 4.78 is 0. The summed E-state index contributed by atoms with van der Waals surface area (Å²) in [6, 6.07) is 5.35. The molecule has 0 spiro atoms. The van der Waals surface area contributed by atoms with E-state index >= 15 is 0 Å². The Bertz CT molecular complexity index is 1230. The number of aromatic amines is 1. The number of rotatable bonds is 15. The van der Waals surface area contributed by atoms with E-state index in [2.05, 4.69) is 36.8 Å². The van der Waals surface area contributed by atoms with Crippen molar-refractivity contribution < 1.29 is 19.5 Å². The smallest absolute Gasteiger partial charge is 0.326 e. The molecule has 0 aliphatic heterocycles. The third-order valence-electron chi connectivity index (χ3n) is 5.28. The van der Waals surface area contributed by atoms with Gasteiger partial charge in [-0.1, -0.05) is 0 Å². The Morgan fingerprint density at radius 3 is 2.58 bits per heavy atom. The molecular formula is C25H32N8O5. The zero-order valence-corrected chi connectivity index (χ0v) is 20.8. The number of H-pyrrole nitrogens is 1. The number of hydrogen-bond donors (Lipinski definition) is 7. The predicted molar refractivity (Wildman–Crippen MR) is 145 cm³/mol. The number of anilines is 3. The molecule has 0 saturated carbocycles. The highest BCUT2D eigenvalue weighted by Gasteiger charge is 2.20. The van der Waals surface area contributed by atoms with Crippen LogP contribution in [0.15, 0.2) is 34.1 Å². The molecule has 2 aromatic rings. The second-order valence-corrected chi connectivity index (χ2v) is 8.22. The maximum absolute atomic E-state index is 12.5. The molecule has 1 heterocycles. The summed E-state index contributed by atoms with van der Waals surface area (Å²) in [6.45, 7) is 0.677. The molecule has 9 N–H and O–H groups in total. The average molecular weight is 525 g/mol. The minimum absolute atomic E-state index is 0.0538. The van der Waals surface area contributed by atoms with Crippen LogP contribution in [0.1, 0.15) is 48.9 Å². The lowest BCUT2D eigenvalue weighted by atomic mass is 10.1. The minimum atomic E-state index is -1.13. The van der Waals surface area contributed by atoms with Gasteiger partial charge in [0.05, 0.1) is 6.54 Å². The van der Waals surface area contributed by atoms with Gasteiger partial charge in [0.25, 0.3) is 11.5 Å². The monoisotopic (exact) mass is 524 g/mol. The predicted octanol–water partition coefficient (Wildman–Crippen LogP) is 1.02. The molecule has 0 unspecified atom stereocenters. The molecule has 13 heteroatoms. The van der Waals surface area contributed by atoms with Crippen molar-refractivity contribution in [3.05, 3.63) is 40.2 Å². The molecule has 2 amide bonds. The first-order valence-electron chi connectivity index (χ1n) is 12.0. The highest BCUT2D eigenvalue weighted by Crippen LogP contribution is 2.13. The van der Waals surface area contributed by atoms with Crippen LogP contribution in [0.2, 0.25) is 0 Å². The number of carbonyl (C=O) groups is 3. The number of aliphatic carboxylic acids is 1. The Balaban J connectivity index is 1.78. The number of aromatic nitrogens is 2. The van der Waals surface area contributed by atoms with Crippen molar-refractivity contribution in [3.63, 3.8) is 0 Å². The molecule has 13 nitrogen and oxygen atoms in total. The van der Waals surface area contributed by atoms with Crippen molar-refractivity contribution in [1.29, 1.82) is 0 Å². The van der Waals surface area contributed by atoms with Crippen molar-refractivity contribution in [2.45, 2.75) is 44.6 Å². The molecule has 0 fully saturated rings. The number of carboxylic acids is 1. The van der Waals surface area contributed by atoms with Gasteiger partial charge in [-0.15, -0.1) is 12.3 Å². The lowest BCUT2D eigenvalue weighted by Crippen LogP contribution is -2.40. The summed E-state index contributed by atoms with van der Waals surface area (Å²) in [6.07, 6.45) is 9.43. The van der Waals surface area contributed by atoms with Gasteiger partial charge in [0, 0.05) is 36.9 Å². The quantitative estimate of drug-likeness (QED) is 0.100.